The van der Waals surface area contributed by atoms with Crippen LogP contribution in [0.1, 0.15) is 35.7 Å². The normalized spacial score (nSPS) is 18.6. The lowest BCUT2D eigenvalue weighted by molar-refractivity contribution is -0.232. The first-order valence-corrected chi connectivity index (χ1v) is 9.96. The molecule has 2 unspecified atom stereocenters. The number of halogens is 3. The van der Waals surface area contributed by atoms with Gasteiger partial charge in [-0.2, -0.15) is 13.2 Å². The molecule has 2 atom stereocenters. The van der Waals surface area contributed by atoms with Crippen molar-refractivity contribution in [1.29, 1.82) is 0 Å². The molecule has 2 aromatic carbocycles. The van der Waals surface area contributed by atoms with E-state index in [0.717, 1.165) is 5.56 Å². The summed E-state index contributed by atoms with van der Waals surface area (Å²) in [6.45, 7) is 3.92. The molecule has 1 N–H and O–H groups in total. The van der Waals surface area contributed by atoms with Crippen molar-refractivity contribution in [2.24, 2.45) is 4.99 Å². The number of aryl methyl sites for hydroxylation is 2. The maximum Gasteiger partial charge on any atom is 0.422 e. The SMILES string of the molecule is Cc1ccc2c(c1)OCCC2CC(O)(C=Nc1cccc2nc(C)ncc12)C(F)(F)F. The molecule has 1 aliphatic rings. The quantitative estimate of drug-likeness (QED) is 0.579. The Morgan fingerprint density at radius 2 is 2.03 bits per heavy atom. The molecule has 0 radical (unpaired) electrons. The summed E-state index contributed by atoms with van der Waals surface area (Å²) < 4.78 is 47.5. The van der Waals surface area contributed by atoms with E-state index in [1.54, 1.807) is 37.3 Å². The van der Waals surface area contributed by atoms with Crippen LogP contribution in [0.5, 0.6) is 5.75 Å². The molecule has 0 spiro atoms. The van der Waals surface area contributed by atoms with Crippen molar-refractivity contribution < 1.29 is 23.0 Å². The third kappa shape index (κ3) is 4.25. The van der Waals surface area contributed by atoms with Gasteiger partial charge >= 0.3 is 6.18 Å². The molecule has 2 heterocycles. The average Bonchev–Trinajstić information content (AvgIpc) is 2.71. The molecule has 0 saturated heterocycles. The van der Waals surface area contributed by atoms with Gasteiger partial charge in [-0.3, -0.25) is 4.99 Å². The smallest absolute Gasteiger partial charge is 0.422 e. The largest absolute Gasteiger partial charge is 0.493 e. The van der Waals surface area contributed by atoms with Gasteiger partial charge in [0.2, 0.25) is 0 Å². The molecular weight excluding hydrogens is 407 g/mol. The molecule has 0 fully saturated rings. The van der Waals surface area contributed by atoms with Crippen LogP contribution < -0.4 is 4.74 Å². The molecule has 0 bridgehead atoms. The van der Waals surface area contributed by atoms with Gasteiger partial charge in [0, 0.05) is 17.8 Å². The Morgan fingerprint density at radius 3 is 2.81 bits per heavy atom. The second kappa shape index (κ2) is 7.92. The van der Waals surface area contributed by atoms with Crippen LogP contribution in [-0.2, 0) is 0 Å². The Hall–Kier alpha value is -3.00. The molecular formula is C23H22F3N3O2. The molecule has 8 heteroatoms. The van der Waals surface area contributed by atoms with Crippen LogP contribution in [0, 0.1) is 13.8 Å². The van der Waals surface area contributed by atoms with Crippen LogP contribution in [0.4, 0.5) is 18.9 Å². The number of alkyl halides is 3. The fraction of sp³-hybridized carbons (Fsp3) is 0.348. The first kappa shape index (κ1) is 21.2. The zero-order valence-electron chi connectivity index (χ0n) is 17.1. The maximum absolute atomic E-state index is 14.0. The van der Waals surface area contributed by atoms with Crippen molar-refractivity contribution in [1.82, 2.24) is 9.97 Å². The van der Waals surface area contributed by atoms with Crippen LogP contribution in [0.15, 0.2) is 47.6 Å². The van der Waals surface area contributed by atoms with Crippen LogP contribution >= 0.6 is 0 Å². The number of rotatable bonds is 4. The molecule has 162 valence electrons. The number of ether oxygens (including phenoxy) is 1. The molecule has 0 aliphatic carbocycles. The third-order valence-electron chi connectivity index (χ3n) is 5.52. The summed E-state index contributed by atoms with van der Waals surface area (Å²) >= 11 is 0. The Bertz CT molecular complexity index is 1150. The van der Waals surface area contributed by atoms with Crippen molar-refractivity contribution in [2.45, 2.75) is 44.4 Å². The Balaban J connectivity index is 1.69. The van der Waals surface area contributed by atoms with E-state index < -0.39 is 24.1 Å². The van der Waals surface area contributed by atoms with Gasteiger partial charge in [0.15, 0.2) is 5.60 Å². The van der Waals surface area contributed by atoms with Crippen LogP contribution in [0.3, 0.4) is 0 Å². The second-order valence-corrected chi connectivity index (χ2v) is 7.89. The standard InChI is InChI=1S/C23H22F3N3O2/c1-14-6-7-17-16(8-9-31-21(17)10-14)11-22(30,23(24,25)26)13-28-19-4-3-5-20-18(19)12-27-15(2)29-20/h3-7,10,12-13,16,30H,8-9,11H2,1-2H3. The number of benzene rings is 2. The highest BCUT2D eigenvalue weighted by Crippen LogP contribution is 2.43. The van der Waals surface area contributed by atoms with Gasteiger partial charge in [0.1, 0.15) is 11.6 Å². The summed E-state index contributed by atoms with van der Waals surface area (Å²) in [4.78, 5) is 12.4. The molecule has 31 heavy (non-hydrogen) atoms. The topological polar surface area (TPSA) is 67.6 Å². The molecule has 5 nitrogen and oxygen atoms in total. The number of fused-ring (bicyclic) bond motifs is 2. The predicted octanol–water partition coefficient (Wildman–Crippen LogP) is 5.20. The first-order chi connectivity index (χ1) is 14.7. The zero-order chi connectivity index (χ0) is 22.2. The number of aliphatic imine (C=N–C) groups is 1. The van der Waals surface area contributed by atoms with Gasteiger partial charge < -0.3 is 9.84 Å². The molecule has 0 saturated carbocycles. The van der Waals surface area contributed by atoms with Gasteiger partial charge in [0.05, 0.1) is 17.8 Å². The average molecular weight is 429 g/mol. The minimum atomic E-state index is -4.89. The lowest BCUT2D eigenvalue weighted by atomic mass is 9.82. The monoisotopic (exact) mass is 429 g/mol. The number of aromatic nitrogens is 2. The molecule has 0 amide bonds. The van der Waals surface area contributed by atoms with Gasteiger partial charge in [-0.15, -0.1) is 0 Å². The number of nitrogens with zero attached hydrogens (tertiary/aromatic N) is 3. The van der Waals surface area contributed by atoms with Crippen molar-refractivity contribution >= 4 is 22.8 Å². The van der Waals surface area contributed by atoms with Gasteiger partial charge in [0.25, 0.3) is 0 Å². The van der Waals surface area contributed by atoms with Gasteiger partial charge in [-0.1, -0.05) is 18.2 Å². The number of hydrogen-bond acceptors (Lipinski definition) is 5. The van der Waals surface area contributed by atoms with Crippen LogP contribution in [0.25, 0.3) is 10.9 Å². The van der Waals surface area contributed by atoms with Crippen molar-refractivity contribution in [2.75, 3.05) is 6.61 Å². The van der Waals surface area contributed by atoms with E-state index in [1.165, 1.54) is 6.20 Å². The number of hydrogen-bond donors (Lipinski definition) is 1. The lowest BCUT2D eigenvalue weighted by Crippen LogP contribution is -2.48. The minimum Gasteiger partial charge on any atom is -0.493 e. The maximum atomic E-state index is 14.0. The summed E-state index contributed by atoms with van der Waals surface area (Å²) in [7, 11) is 0. The fourth-order valence-electron chi connectivity index (χ4n) is 3.82. The molecule has 4 rings (SSSR count). The third-order valence-corrected chi connectivity index (χ3v) is 5.52. The summed E-state index contributed by atoms with van der Waals surface area (Å²) in [5.41, 5.74) is -0.623. The van der Waals surface area contributed by atoms with E-state index >= 15 is 0 Å². The van der Waals surface area contributed by atoms with E-state index in [9.17, 15) is 18.3 Å². The van der Waals surface area contributed by atoms with Gasteiger partial charge in [-0.25, -0.2) is 9.97 Å². The first-order valence-electron chi connectivity index (χ1n) is 9.96. The summed E-state index contributed by atoms with van der Waals surface area (Å²) in [5, 5.41) is 11.2. The lowest BCUT2D eigenvalue weighted by Gasteiger charge is -2.33. The van der Waals surface area contributed by atoms with E-state index in [1.807, 2.05) is 13.0 Å². The van der Waals surface area contributed by atoms with Gasteiger partial charge in [-0.05, 0) is 61.9 Å². The summed E-state index contributed by atoms with van der Waals surface area (Å²) in [6.07, 6.45) is -2.93. The Labute approximate surface area is 177 Å². The van der Waals surface area contributed by atoms with E-state index in [2.05, 4.69) is 15.0 Å². The molecule has 1 aliphatic heterocycles. The highest BCUT2D eigenvalue weighted by atomic mass is 19.4. The number of aliphatic hydroxyl groups is 1. The van der Waals surface area contributed by atoms with Crippen molar-refractivity contribution in [3.8, 4) is 5.75 Å². The van der Waals surface area contributed by atoms with Crippen molar-refractivity contribution in [3.63, 3.8) is 0 Å². The highest BCUT2D eigenvalue weighted by molar-refractivity contribution is 5.91. The molecule has 3 aromatic rings. The van der Waals surface area contributed by atoms with Crippen molar-refractivity contribution in [3.05, 3.63) is 59.5 Å². The Kier molecular flexibility index (Phi) is 5.43. The predicted molar refractivity (Wildman–Crippen MR) is 112 cm³/mol. The zero-order valence-corrected chi connectivity index (χ0v) is 17.1. The highest BCUT2D eigenvalue weighted by Gasteiger charge is 2.54. The van der Waals surface area contributed by atoms with E-state index in [4.69, 9.17) is 4.74 Å². The second-order valence-electron chi connectivity index (χ2n) is 7.89. The van der Waals surface area contributed by atoms with Crippen LogP contribution in [0.2, 0.25) is 0 Å². The van der Waals surface area contributed by atoms with E-state index in [-0.39, 0.29) is 5.69 Å². The minimum absolute atomic E-state index is 0.267. The summed E-state index contributed by atoms with van der Waals surface area (Å²) in [5.74, 6) is 0.606. The fourth-order valence-corrected chi connectivity index (χ4v) is 3.82. The van der Waals surface area contributed by atoms with E-state index in [0.29, 0.717) is 47.3 Å². The summed E-state index contributed by atoms with van der Waals surface area (Å²) in [6, 6.07) is 10.4. The Morgan fingerprint density at radius 1 is 1.23 bits per heavy atom. The van der Waals surface area contributed by atoms with Crippen LogP contribution in [-0.4, -0.2) is 39.7 Å². The molecule has 1 aromatic heterocycles.